The maximum atomic E-state index is 11.5. The maximum Gasteiger partial charge on any atom is 0.224 e. The van der Waals surface area contributed by atoms with Gasteiger partial charge in [0.15, 0.2) is 11.5 Å². The number of carbonyl (C=O) groups excluding carboxylic acids is 1. The summed E-state index contributed by atoms with van der Waals surface area (Å²) in [7, 11) is 1.59. The van der Waals surface area contributed by atoms with Gasteiger partial charge in [0.2, 0.25) is 11.9 Å². The molecule has 0 unspecified atom stereocenters. The van der Waals surface area contributed by atoms with Crippen LogP contribution in [0.25, 0.3) is 11.2 Å². The molecule has 0 saturated carbocycles. The monoisotopic (exact) mass is 279 g/mol. The summed E-state index contributed by atoms with van der Waals surface area (Å²) >= 11 is 0. The Morgan fingerprint density at radius 3 is 3.10 bits per heavy atom. The standard InChI is InChI=1S/C11H17N7O2/c1-20-5-4-13-7(19)2-3-14-9-8-10(16-6-15-8)18-11(12)17-9/h6H,2-5H2,1H3,(H,13,19)(H4,12,14,15,16,17,18). The summed E-state index contributed by atoms with van der Waals surface area (Å²) < 4.78 is 4.85. The molecule has 2 heterocycles. The lowest BCUT2D eigenvalue weighted by Crippen LogP contribution is -2.28. The van der Waals surface area contributed by atoms with E-state index in [1.807, 2.05) is 0 Å². The van der Waals surface area contributed by atoms with Gasteiger partial charge in [0, 0.05) is 26.6 Å². The number of nitrogens with one attached hydrogen (secondary N) is 3. The minimum atomic E-state index is -0.0579. The molecule has 9 nitrogen and oxygen atoms in total. The van der Waals surface area contributed by atoms with E-state index in [2.05, 4.69) is 30.6 Å². The highest BCUT2D eigenvalue weighted by atomic mass is 16.5. The number of aromatic nitrogens is 4. The van der Waals surface area contributed by atoms with Crippen LogP contribution in [0.2, 0.25) is 0 Å². The number of H-pyrrole nitrogens is 1. The van der Waals surface area contributed by atoms with Crippen LogP contribution < -0.4 is 16.4 Å². The molecule has 0 saturated heterocycles. The van der Waals surface area contributed by atoms with Crippen molar-refractivity contribution in [3.8, 4) is 0 Å². The highest BCUT2D eigenvalue weighted by Gasteiger charge is 2.08. The lowest BCUT2D eigenvalue weighted by Gasteiger charge is -2.07. The number of fused-ring (bicyclic) bond motifs is 1. The summed E-state index contributed by atoms with van der Waals surface area (Å²) in [5, 5.41) is 5.77. The number of amides is 1. The van der Waals surface area contributed by atoms with Crippen LogP contribution in [0.4, 0.5) is 11.8 Å². The molecule has 0 aliphatic heterocycles. The van der Waals surface area contributed by atoms with E-state index in [9.17, 15) is 4.79 Å². The Morgan fingerprint density at radius 1 is 1.45 bits per heavy atom. The summed E-state index contributed by atoms with van der Waals surface area (Å²) in [6.07, 6.45) is 1.84. The second-order valence-corrected chi connectivity index (χ2v) is 4.05. The molecule has 0 aromatic carbocycles. The average molecular weight is 279 g/mol. The predicted molar refractivity (Wildman–Crippen MR) is 74.1 cm³/mol. The first-order valence-corrected chi connectivity index (χ1v) is 6.17. The average Bonchev–Trinajstić information content (AvgIpc) is 2.87. The van der Waals surface area contributed by atoms with Crippen LogP contribution in [-0.4, -0.2) is 52.6 Å². The molecule has 0 spiro atoms. The summed E-state index contributed by atoms with van der Waals surface area (Å²) in [5.74, 6) is 0.615. The van der Waals surface area contributed by atoms with E-state index in [1.165, 1.54) is 6.33 Å². The molecular weight excluding hydrogens is 262 g/mol. The Hall–Kier alpha value is -2.42. The number of hydrogen-bond acceptors (Lipinski definition) is 7. The third-order valence-corrected chi connectivity index (χ3v) is 2.58. The zero-order valence-electron chi connectivity index (χ0n) is 11.1. The third-order valence-electron chi connectivity index (χ3n) is 2.58. The van der Waals surface area contributed by atoms with Gasteiger partial charge in [-0.05, 0) is 0 Å². The zero-order valence-corrected chi connectivity index (χ0v) is 11.1. The Balaban J connectivity index is 1.86. The van der Waals surface area contributed by atoms with Gasteiger partial charge < -0.3 is 26.1 Å². The molecule has 0 aliphatic carbocycles. The van der Waals surface area contributed by atoms with Gasteiger partial charge >= 0.3 is 0 Å². The fourth-order valence-corrected chi connectivity index (χ4v) is 1.65. The number of imidazole rings is 1. The Labute approximate surface area is 115 Å². The molecule has 1 amide bonds. The van der Waals surface area contributed by atoms with Crippen molar-refractivity contribution in [3.05, 3.63) is 6.33 Å². The number of nitrogen functional groups attached to an aromatic ring is 1. The number of nitrogens with two attached hydrogens (primary N) is 1. The van der Waals surface area contributed by atoms with E-state index >= 15 is 0 Å². The molecule has 2 aromatic heterocycles. The first-order chi connectivity index (χ1) is 9.70. The van der Waals surface area contributed by atoms with Crippen LogP contribution in [0, 0.1) is 0 Å². The minimum Gasteiger partial charge on any atom is -0.383 e. The quantitative estimate of drug-likeness (QED) is 0.502. The number of ether oxygens (including phenoxy) is 1. The van der Waals surface area contributed by atoms with Crippen LogP contribution in [0.5, 0.6) is 0 Å². The van der Waals surface area contributed by atoms with Crippen molar-refractivity contribution in [2.45, 2.75) is 6.42 Å². The first-order valence-electron chi connectivity index (χ1n) is 6.17. The Morgan fingerprint density at radius 2 is 2.30 bits per heavy atom. The van der Waals surface area contributed by atoms with Crippen molar-refractivity contribution in [2.75, 3.05) is 37.9 Å². The van der Waals surface area contributed by atoms with Crippen LogP contribution in [0.15, 0.2) is 6.33 Å². The minimum absolute atomic E-state index is 0.0579. The third kappa shape index (κ3) is 3.54. The van der Waals surface area contributed by atoms with Crippen molar-refractivity contribution in [1.82, 2.24) is 25.3 Å². The van der Waals surface area contributed by atoms with E-state index in [4.69, 9.17) is 10.5 Å². The largest absolute Gasteiger partial charge is 0.383 e. The van der Waals surface area contributed by atoms with Crippen molar-refractivity contribution in [1.29, 1.82) is 0 Å². The number of anilines is 2. The zero-order chi connectivity index (χ0) is 14.4. The van der Waals surface area contributed by atoms with E-state index in [-0.39, 0.29) is 11.9 Å². The number of nitrogens with zero attached hydrogens (tertiary/aromatic N) is 3. The molecule has 0 aliphatic rings. The number of aromatic amines is 1. The van der Waals surface area contributed by atoms with Crippen molar-refractivity contribution >= 4 is 28.8 Å². The highest BCUT2D eigenvalue weighted by Crippen LogP contribution is 2.16. The molecule has 2 rings (SSSR count). The molecule has 5 N–H and O–H groups in total. The topological polar surface area (TPSA) is 131 Å². The highest BCUT2D eigenvalue weighted by molar-refractivity contribution is 5.83. The number of methoxy groups -OCH3 is 1. The van der Waals surface area contributed by atoms with E-state index in [1.54, 1.807) is 7.11 Å². The second kappa shape index (κ2) is 6.66. The molecule has 20 heavy (non-hydrogen) atoms. The van der Waals surface area contributed by atoms with Crippen LogP contribution >= 0.6 is 0 Å². The van der Waals surface area contributed by atoms with Gasteiger partial charge in [0.1, 0.15) is 5.52 Å². The van der Waals surface area contributed by atoms with Gasteiger partial charge in [-0.3, -0.25) is 4.79 Å². The summed E-state index contributed by atoms with van der Waals surface area (Å²) in [6.45, 7) is 1.43. The molecule has 0 radical (unpaired) electrons. The fourth-order valence-electron chi connectivity index (χ4n) is 1.65. The van der Waals surface area contributed by atoms with Gasteiger partial charge in [0.25, 0.3) is 0 Å². The van der Waals surface area contributed by atoms with Gasteiger partial charge in [-0.25, -0.2) is 4.98 Å². The molecular formula is C11H17N7O2. The second-order valence-electron chi connectivity index (χ2n) is 4.05. The Bertz CT molecular complexity index is 583. The van der Waals surface area contributed by atoms with E-state index in [0.717, 1.165) is 0 Å². The van der Waals surface area contributed by atoms with Crippen LogP contribution in [0.1, 0.15) is 6.42 Å². The van der Waals surface area contributed by atoms with Gasteiger partial charge in [-0.1, -0.05) is 0 Å². The number of carbonyl (C=O) groups is 1. The van der Waals surface area contributed by atoms with Gasteiger partial charge in [-0.2, -0.15) is 9.97 Å². The van der Waals surface area contributed by atoms with E-state index in [0.29, 0.717) is 43.1 Å². The number of hydrogen-bond donors (Lipinski definition) is 4. The molecule has 2 aromatic rings. The lowest BCUT2D eigenvalue weighted by molar-refractivity contribution is -0.121. The molecule has 108 valence electrons. The van der Waals surface area contributed by atoms with Gasteiger partial charge in [0.05, 0.1) is 12.9 Å². The first kappa shape index (κ1) is 14.0. The van der Waals surface area contributed by atoms with Crippen molar-refractivity contribution in [3.63, 3.8) is 0 Å². The summed E-state index contributed by atoms with van der Waals surface area (Å²) in [6, 6.07) is 0. The van der Waals surface area contributed by atoms with Crippen molar-refractivity contribution < 1.29 is 9.53 Å². The van der Waals surface area contributed by atoms with Crippen LogP contribution in [-0.2, 0) is 9.53 Å². The van der Waals surface area contributed by atoms with Crippen LogP contribution in [0.3, 0.4) is 0 Å². The summed E-state index contributed by atoms with van der Waals surface area (Å²) in [4.78, 5) is 26.5. The molecule has 9 heteroatoms. The predicted octanol–water partition coefficient (Wildman–Crippen LogP) is -0.500. The smallest absolute Gasteiger partial charge is 0.224 e. The Kier molecular flexibility index (Phi) is 4.66. The molecule has 0 bridgehead atoms. The maximum absolute atomic E-state index is 11.5. The van der Waals surface area contributed by atoms with Crippen molar-refractivity contribution in [2.24, 2.45) is 0 Å². The molecule has 0 fully saturated rings. The molecule has 0 atom stereocenters. The van der Waals surface area contributed by atoms with E-state index < -0.39 is 0 Å². The summed E-state index contributed by atoms with van der Waals surface area (Å²) in [5.41, 5.74) is 6.74. The normalized spacial score (nSPS) is 10.7. The lowest BCUT2D eigenvalue weighted by atomic mass is 10.4. The fraction of sp³-hybridized carbons (Fsp3) is 0.455. The number of rotatable bonds is 7. The SMILES string of the molecule is COCCNC(=O)CCNc1nc(N)nc2nc[nH]c12. The van der Waals surface area contributed by atoms with Gasteiger partial charge in [-0.15, -0.1) is 0 Å².